The largest absolute Gasteiger partial charge is 0.384 e. The molecular weight excluding hydrogens is 258 g/mol. The van der Waals surface area contributed by atoms with Gasteiger partial charge in [0, 0.05) is 17.2 Å². The Balaban J connectivity index is 2.16. The standard InChI is InChI=1S/C15H17NO2S/c1-11-4-5-14(12(9-11)3-2-7-17)16-15(18)13-6-8-19-10-13/h4-5,9,13,17H,6-8,10H2,1H3,(H,16,18). The summed E-state index contributed by atoms with van der Waals surface area (Å²) in [4.78, 5) is 12.1. The first-order valence-electron chi connectivity index (χ1n) is 6.29. The topological polar surface area (TPSA) is 49.3 Å². The highest BCUT2D eigenvalue weighted by Gasteiger charge is 2.23. The lowest BCUT2D eigenvalue weighted by atomic mass is 10.1. The van der Waals surface area contributed by atoms with Gasteiger partial charge < -0.3 is 10.4 Å². The number of thioether (sulfide) groups is 1. The van der Waals surface area contributed by atoms with Gasteiger partial charge in [0.1, 0.15) is 6.61 Å². The molecule has 1 heterocycles. The van der Waals surface area contributed by atoms with Crippen LogP contribution in [0.1, 0.15) is 17.5 Å². The smallest absolute Gasteiger partial charge is 0.228 e. The van der Waals surface area contributed by atoms with Crippen molar-refractivity contribution in [1.29, 1.82) is 0 Å². The quantitative estimate of drug-likeness (QED) is 0.812. The second-order valence-corrected chi connectivity index (χ2v) is 5.71. The molecule has 0 saturated carbocycles. The zero-order chi connectivity index (χ0) is 13.7. The lowest BCUT2D eigenvalue weighted by molar-refractivity contribution is -0.119. The third-order valence-electron chi connectivity index (χ3n) is 3.04. The predicted molar refractivity (Wildman–Crippen MR) is 79.2 cm³/mol. The van der Waals surface area contributed by atoms with Crippen molar-refractivity contribution in [2.75, 3.05) is 23.4 Å². The van der Waals surface area contributed by atoms with Crippen molar-refractivity contribution in [2.45, 2.75) is 13.3 Å². The molecule has 0 radical (unpaired) electrons. The molecular formula is C15H17NO2S. The maximum absolute atomic E-state index is 12.1. The van der Waals surface area contributed by atoms with Crippen LogP contribution in [0.25, 0.3) is 0 Å². The molecule has 1 amide bonds. The molecule has 1 saturated heterocycles. The van der Waals surface area contributed by atoms with Crippen LogP contribution < -0.4 is 5.32 Å². The second-order valence-electron chi connectivity index (χ2n) is 4.56. The number of aryl methyl sites for hydroxylation is 1. The number of aliphatic hydroxyl groups excluding tert-OH is 1. The highest BCUT2D eigenvalue weighted by atomic mass is 32.2. The first-order chi connectivity index (χ1) is 9.20. The van der Waals surface area contributed by atoms with E-state index < -0.39 is 0 Å². The molecule has 1 aromatic carbocycles. The van der Waals surface area contributed by atoms with Gasteiger partial charge in [0.05, 0.1) is 5.69 Å². The maximum Gasteiger partial charge on any atom is 0.228 e. The monoisotopic (exact) mass is 275 g/mol. The number of carbonyl (C=O) groups is 1. The van der Waals surface area contributed by atoms with Crippen molar-refractivity contribution in [3.05, 3.63) is 29.3 Å². The van der Waals surface area contributed by atoms with E-state index in [0.717, 1.165) is 34.7 Å². The number of benzene rings is 1. The summed E-state index contributed by atoms with van der Waals surface area (Å²) in [5.74, 6) is 7.63. The van der Waals surface area contributed by atoms with Crippen LogP contribution >= 0.6 is 11.8 Å². The summed E-state index contributed by atoms with van der Waals surface area (Å²) < 4.78 is 0. The molecule has 0 bridgehead atoms. The average molecular weight is 275 g/mol. The lowest BCUT2D eigenvalue weighted by Gasteiger charge is -2.12. The van der Waals surface area contributed by atoms with Gasteiger partial charge in [-0.1, -0.05) is 17.9 Å². The van der Waals surface area contributed by atoms with Crippen molar-refractivity contribution in [2.24, 2.45) is 5.92 Å². The molecule has 2 rings (SSSR count). The van der Waals surface area contributed by atoms with Crippen molar-refractivity contribution in [3.63, 3.8) is 0 Å². The molecule has 1 aliphatic heterocycles. The van der Waals surface area contributed by atoms with Gasteiger partial charge in [-0.15, -0.1) is 0 Å². The van der Waals surface area contributed by atoms with E-state index in [0.29, 0.717) is 0 Å². The first kappa shape index (κ1) is 14.0. The fourth-order valence-corrected chi connectivity index (χ4v) is 3.20. The van der Waals surface area contributed by atoms with Crippen LogP contribution in [0.2, 0.25) is 0 Å². The van der Waals surface area contributed by atoms with E-state index in [2.05, 4.69) is 17.2 Å². The van der Waals surface area contributed by atoms with Gasteiger partial charge in [0.2, 0.25) is 5.91 Å². The molecule has 0 aliphatic carbocycles. The van der Waals surface area contributed by atoms with Crippen LogP contribution in [-0.4, -0.2) is 29.1 Å². The van der Waals surface area contributed by atoms with Gasteiger partial charge in [-0.25, -0.2) is 0 Å². The molecule has 1 fully saturated rings. The molecule has 2 N–H and O–H groups in total. The molecule has 1 aliphatic rings. The Bertz CT molecular complexity index is 525. The Morgan fingerprint density at radius 3 is 3.11 bits per heavy atom. The van der Waals surface area contributed by atoms with E-state index >= 15 is 0 Å². The Kier molecular flexibility index (Phi) is 4.89. The molecule has 3 nitrogen and oxygen atoms in total. The van der Waals surface area contributed by atoms with E-state index in [-0.39, 0.29) is 18.4 Å². The third-order valence-corrected chi connectivity index (χ3v) is 4.20. The van der Waals surface area contributed by atoms with Crippen LogP contribution in [0, 0.1) is 24.7 Å². The van der Waals surface area contributed by atoms with Crippen molar-refractivity contribution < 1.29 is 9.90 Å². The summed E-state index contributed by atoms with van der Waals surface area (Å²) in [5, 5.41) is 11.7. The van der Waals surface area contributed by atoms with Crippen molar-refractivity contribution in [3.8, 4) is 11.8 Å². The van der Waals surface area contributed by atoms with Crippen LogP contribution in [0.15, 0.2) is 18.2 Å². The van der Waals surface area contributed by atoms with Gasteiger partial charge in [0.25, 0.3) is 0 Å². The number of carbonyl (C=O) groups excluding carboxylic acids is 1. The summed E-state index contributed by atoms with van der Waals surface area (Å²) in [6.07, 6.45) is 0.944. The third kappa shape index (κ3) is 3.76. The molecule has 19 heavy (non-hydrogen) atoms. The number of hydrogen-bond donors (Lipinski definition) is 2. The second kappa shape index (κ2) is 6.65. The van der Waals surface area contributed by atoms with E-state index in [9.17, 15) is 4.79 Å². The zero-order valence-electron chi connectivity index (χ0n) is 10.9. The Morgan fingerprint density at radius 2 is 2.42 bits per heavy atom. The Labute approximate surface area is 117 Å². The average Bonchev–Trinajstić information content (AvgIpc) is 2.93. The molecule has 1 aromatic rings. The minimum absolute atomic E-state index is 0.0703. The SMILES string of the molecule is Cc1ccc(NC(=O)C2CCSC2)c(C#CCO)c1. The van der Waals surface area contributed by atoms with E-state index in [1.807, 2.05) is 36.9 Å². The number of hydrogen-bond acceptors (Lipinski definition) is 3. The van der Waals surface area contributed by atoms with Crippen LogP contribution in [0.4, 0.5) is 5.69 Å². The van der Waals surface area contributed by atoms with Crippen LogP contribution in [0.3, 0.4) is 0 Å². The van der Waals surface area contributed by atoms with Crippen molar-refractivity contribution in [1.82, 2.24) is 0 Å². The minimum atomic E-state index is -0.180. The van der Waals surface area contributed by atoms with Gasteiger partial charge in [-0.2, -0.15) is 11.8 Å². The van der Waals surface area contributed by atoms with Crippen LogP contribution in [0.5, 0.6) is 0 Å². The summed E-state index contributed by atoms with van der Waals surface area (Å²) in [6.45, 7) is 1.80. The molecule has 1 unspecified atom stereocenters. The summed E-state index contributed by atoms with van der Waals surface area (Å²) in [5.41, 5.74) is 2.57. The zero-order valence-corrected chi connectivity index (χ0v) is 11.7. The Morgan fingerprint density at radius 1 is 1.58 bits per heavy atom. The van der Waals surface area contributed by atoms with E-state index in [1.54, 1.807) is 0 Å². The highest BCUT2D eigenvalue weighted by molar-refractivity contribution is 7.99. The number of rotatable bonds is 2. The fourth-order valence-electron chi connectivity index (χ4n) is 1.98. The normalized spacial score (nSPS) is 17.7. The number of nitrogens with one attached hydrogen (secondary N) is 1. The van der Waals surface area contributed by atoms with E-state index in [1.165, 1.54) is 0 Å². The number of anilines is 1. The van der Waals surface area contributed by atoms with Crippen molar-refractivity contribution >= 4 is 23.4 Å². The predicted octanol–water partition coefficient (Wildman–Crippen LogP) is 2.03. The molecule has 0 spiro atoms. The highest BCUT2D eigenvalue weighted by Crippen LogP contribution is 2.25. The number of aliphatic hydroxyl groups is 1. The van der Waals surface area contributed by atoms with Gasteiger partial charge in [0.15, 0.2) is 0 Å². The minimum Gasteiger partial charge on any atom is -0.384 e. The molecule has 1 atom stereocenters. The van der Waals surface area contributed by atoms with Gasteiger partial charge in [-0.05, 0) is 36.8 Å². The summed E-state index contributed by atoms with van der Waals surface area (Å²) in [6, 6.07) is 5.74. The van der Waals surface area contributed by atoms with Gasteiger partial charge >= 0.3 is 0 Å². The maximum atomic E-state index is 12.1. The molecule has 4 heteroatoms. The van der Waals surface area contributed by atoms with E-state index in [4.69, 9.17) is 5.11 Å². The van der Waals surface area contributed by atoms with Gasteiger partial charge in [-0.3, -0.25) is 4.79 Å². The number of amides is 1. The molecule has 0 aromatic heterocycles. The lowest BCUT2D eigenvalue weighted by Crippen LogP contribution is -2.22. The fraction of sp³-hybridized carbons (Fsp3) is 0.400. The summed E-state index contributed by atoms with van der Waals surface area (Å²) in [7, 11) is 0. The first-order valence-corrected chi connectivity index (χ1v) is 7.45. The summed E-state index contributed by atoms with van der Waals surface area (Å²) >= 11 is 1.82. The molecule has 100 valence electrons. The Hall–Kier alpha value is -1.44. The van der Waals surface area contributed by atoms with Crippen LogP contribution in [-0.2, 0) is 4.79 Å².